The summed E-state index contributed by atoms with van der Waals surface area (Å²) >= 11 is 0. The molecule has 5 heteroatoms. The zero-order valence-corrected chi connectivity index (χ0v) is 25.0. The van der Waals surface area contributed by atoms with Gasteiger partial charge in [0.2, 0.25) is 0 Å². The van der Waals surface area contributed by atoms with Crippen molar-refractivity contribution in [3.8, 4) is 44.9 Å². The highest BCUT2D eigenvalue weighted by Crippen LogP contribution is 2.48. The van der Waals surface area contributed by atoms with Gasteiger partial charge in [-0.05, 0) is 65.2 Å². The molecule has 0 radical (unpaired) electrons. The van der Waals surface area contributed by atoms with E-state index in [1.807, 2.05) is 91.0 Å². The Balaban J connectivity index is 1.79. The van der Waals surface area contributed by atoms with Gasteiger partial charge in [-0.25, -0.2) is 0 Å². The van der Waals surface area contributed by atoms with Crippen LogP contribution < -0.4 is 15.2 Å². The largest absolute Gasteiger partial charge is 0.497 e. The molecule has 0 saturated carbocycles. The third-order valence-electron chi connectivity index (χ3n) is 7.88. The summed E-state index contributed by atoms with van der Waals surface area (Å²) in [5.41, 5.74) is 13.1. The molecule has 0 heterocycles. The number of nitrogen functional groups attached to an aromatic ring is 1. The normalized spacial score (nSPS) is 10.7. The van der Waals surface area contributed by atoms with Crippen LogP contribution >= 0.6 is 0 Å². The van der Waals surface area contributed by atoms with Gasteiger partial charge in [0.05, 0.1) is 25.5 Å². The fourth-order valence-electron chi connectivity index (χ4n) is 5.70. The molecule has 0 unspecified atom stereocenters. The lowest BCUT2D eigenvalue weighted by Crippen LogP contribution is -2.16. The molecule has 6 aromatic carbocycles. The summed E-state index contributed by atoms with van der Waals surface area (Å²) in [5, 5.41) is 0. The van der Waals surface area contributed by atoms with Crippen LogP contribution in [0.25, 0.3) is 33.4 Å². The molecule has 0 atom stereocenters. The Labute approximate surface area is 262 Å². The third kappa shape index (κ3) is 5.59. The first-order chi connectivity index (χ1) is 22.0. The minimum absolute atomic E-state index is 0.240. The fourth-order valence-corrected chi connectivity index (χ4v) is 5.70. The average Bonchev–Trinajstić information content (AvgIpc) is 3.11. The molecule has 6 aromatic rings. The van der Waals surface area contributed by atoms with Crippen LogP contribution in [0.5, 0.6) is 11.5 Å². The Morgan fingerprint density at radius 1 is 0.444 bits per heavy atom. The van der Waals surface area contributed by atoms with Gasteiger partial charge in [-0.3, -0.25) is 9.59 Å². The van der Waals surface area contributed by atoms with Crippen molar-refractivity contribution >= 4 is 17.3 Å². The highest BCUT2D eigenvalue weighted by molar-refractivity contribution is 6.27. The van der Waals surface area contributed by atoms with E-state index in [0.717, 1.165) is 11.1 Å². The van der Waals surface area contributed by atoms with Crippen LogP contribution in [0, 0.1) is 0 Å². The van der Waals surface area contributed by atoms with Crippen molar-refractivity contribution in [2.45, 2.75) is 0 Å². The molecule has 5 nitrogen and oxygen atoms in total. The maximum absolute atomic E-state index is 14.9. The molecule has 2 N–H and O–H groups in total. The second-order valence-electron chi connectivity index (χ2n) is 10.5. The smallest absolute Gasteiger partial charge is 0.195 e. The molecule has 0 aromatic heterocycles. The number of nitrogens with two attached hydrogens (primary N) is 1. The van der Waals surface area contributed by atoms with Crippen LogP contribution in [0.1, 0.15) is 31.8 Å². The van der Waals surface area contributed by atoms with Crippen molar-refractivity contribution in [3.05, 3.63) is 162 Å². The van der Waals surface area contributed by atoms with Gasteiger partial charge in [0.25, 0.3) is 0 Å². The summed E-state index contributed by atoms with van der Waals surface area (Å²) in [7, 11) is 3.16. The zero-order valence-electron chi connectivity index (χ0n) is 25.0. The molecule has 0 spiro atoms. The van der Waals surface area contributed by atoms with Gasteiger partial charge in [0.15, 0.2) is 11.6 Å². The van der Waals surface area contributed by atoms with Gasteiger partial charge in [0.1, 0.15) is 11.5 Å². The van der Waals surface area contributed by atoms with Crippen molar-refractivity contribution in [2.75, 3.05) is 20.0 Å². The lowest BCUT2D eigenvalue weighted by Gasteiger charge is -2.25. The third-order valence-corrected chi connectivity index (χ3v) is 7.88. The summed E-state index contributed by atoms with van der Waals surface area (Å²) in [4.78, 5) is 29.6. The summed E-state index contributed by atoms with van der Waals surface area (Å²) in [5.74, 6) is 0.726. The molecule has 220 valence electrons. The molecule has 0 fully saturated rings. The van der Waals surface area contributed by atoms with Crippen LogP contribution in [0.4, 0.5) is 5.69 Å². The fraction of sp³-hybridized carbons (Fsp3) is 0.0500. The van der Waals surface area contributed by atoms with Crippen molar-refractivity contribution < 1.29 is 19.1 Å². The minimum atomic E-state index is -0.297. The maximum atomic E-state index is 14.9. The molecule has 0 amide bonds. The predicted octanol–water partition coefficient (Wildman–Crippen LogP) is 8.75. The Bertz CT molecular complexity index is 1970. The summed E-state index contributed by atoms with van der Waals surface area (Å²) in [6.07, 6.45) is 0. The molecular formula is C40H31NO4. The first-order valence-corrected chi connectivity index (χ1v) is 14.5. The minimum Gasteiger partial charge on any atom is -0.497 e. The highest BCUT2D eigenvalue weighted by atomic mass is 16.5. The van der Waals surface area contributed by atoms with Gasteiger partial charge in [-0.1, -0.05) is 91.0 Å². The maximum Gasteiger partial charge on any atom is 0.195 e. The number of anilines is 1. The Kier molecular flexibility index (Phi) is 8.25. The molecule has 6 rings (SSSR count). The van der Waals surface area contributed by atoms with Gasteiger partial charge in [-0.2, -0.15) is 0 Å². The molecule has 0 aliphatic rings. The Morgan fingerprint density at radius 2 is 0.800 bits per heavy atom. The van der Waals surface area contributed by atoms with Crippen molar-refractivity contribution in [1.82, 2.24) is 0 Å². The number of methoxy groups -OCH3 is 2. The van der Waals surface area contributed by atoms with Gasteiger partial charge in [0, 0.05) is 33.4 Å². The van der Waals surface area contributed by atoms with Crippen LogP contribution in [-0.4, -0.2) is 25.8 Å². The Morgan fingerprint density at radius 3 is 1.20 bits per heavy atom. The number of ketones is 2. The number of carbonyl (C=O) groups excluding carboxylic acids is 2. The van der Waals surface area contributed by atoms with Gasteiger partial charge < -0.3 is 15.2 Å². The van der Waals surface area contributed by atoms with E-state index < -0.39 is 0 Å². The predicted molar refractivity (Wildman–Crippen MR) is 180 cm³/mol. The molecule has 0 saturated heterocycles. The van der Waals surface area contributed by atoms with E-state index in [1.54, 1.807) is 62.8 Å². The van der Waals surface area contributed by atoms with Crippen molar-refractivity contribution in [3.63, 3.8) is 0 Å². The van der Waals surface area contributed by atoms with Crippen LogP contribution in [0.2, 0.25) is 0 Å². The standard InChI is InChI=1S/C40H31NO4/c1-44-31-22-18-29(19-23-31)39(42)36-33(26-12-6-3-7-13-26)35(28-16-10-5-11-17-28)38(41)37(34(36)27-14-8-4-9-15-27)40(43)30-20-24-32(45-2)25-21-30/h3-25H,41H2,1-2H3. The number of hydrogen-bond donors (Lipinski definition) is 1. The van der Waals surface area contributed by atoms with E-state index in [9.17, 15) is 9.59 Å². The first-order valence-electron chi connectivity index (χ1n) is 14.5. The van der Waals surface area contributed by atoms with E-state index in [-0.39, 0.29) is 17.1 Å². The van der Waals surface area contributed by atoms with Crippen molar-refractivity contribution in [1.29, 1.82) is 0 Å². The van der Waals surface area contributed by atoms with E-state index >= 15 is 0 Å². The van der Waals surface area contributed by atoms with Crippen LogP contribution in [-0.2, 0) is 0 Å². The number of benzene rings is 6. The molecule has 0 bridgehead atoms. The zero-order chi connectivity index (χ0) is 31.3. The van der Waals surface area contributed by atoms with E-state index in [4.69, 9.17) is 15.2 Å². The van der Waals surface area contributed by atoms with Gasteiger partial charge >= 0.3 is 0 Å². The SMILES string of the molecule is COc1ccc(C(=O)c2c(N)c(-c3ccccc3)c(-c3ccccc3)c(C(=O)c3ccc(OC)cc3)c2-c2ccccc2)cc1. The Hall–Kier alpha value is -5.94. The molecule has 0 aliphatic carbocycles. The molecular weight excluding hydrogens is 558 g/mol. The van der Waals surface area contributed by atoms with Crippen molar-refractivity contribution in [2.24, 2.45) is 0 Å². The van der Waals surface area contributed by atoms with Gasteiger partial charge in [-0.15, -0.1) is 0 Å². The summed E-state index contributed by atoms with van der Waals surface area (Å²) in [6, 6.07) is 42.8. The second-order valence-corrected chi connectivity index (χ2v) is 10.5. The summed E-state index contributed by atoms with van der Waals surface area (Å²) < 4.78 is 10.7. The van der Waals surface area contributed by atoms with E-state index in [2.05, 4.69) is 0 Å². The topological polar surface area (TPSA) is 78.6 Å². The van der Waals surface area contributed by atoms with Crippen LogP contribution in [0.15, 0.2) is 140 Å². The first kappa shape index (κ1) is 29.1. The second kappa shape index (κ2) is 12.7. The number of carbonyl (C=O) groups is 2. The molecule has 45 heavy (non-hydrogen) atoms. The quantitative estimate of drug-likeness (QED) is 0.135. The highest BCUT2D eigenvalue weighted by Gasteiger charge is 2.32. The number of hydrogen-bond acceptors (Lipinski definition) is 5. The monoisotopic (exact) mass is 589 g/mol. The summed E-state index contributed by atoms with van der Waals surface area (Å²) in [6.45, 7) is 0. The van der Waals surface area contributed by atoms with Crippen LogP contribution in [0.3, 0.4) is 0 Å². The lowest BCUT2D eigenvalue weighted by atomic mass is 9.77. The number of rotatable bonds is 9. The number of ether oxygens (including phenoxy) is 2. The van der Waals surface area contributed by atoms with E-state index in [0.29, 0.717) is 56.1 Å². The average molecular weight is 590 g/mol. The molecule has 0 aliphatic heterocycles. The van der Waals surface area contributed by atoms with E-state index in [1.165, 1.54) is 0 Å². The lowest BCUT2D eigenvalue weighted by molar-refractivity contribution is 0.103.